The van der Waals surface area contributed by atoms with E-state index >= 15 is 0 Å². The fourth-order valence-electron chi connectivity index (χ4n) is 2.79. The van der Waals surface area contributed by atoms with Crippen molar-refractivity contribution in [3.8, 4) is 0 Å². The Bertz CT molecular complexity index is 344. The van der Waals surface area contributed by atoms with Crippen molar-refractivity contribution in [2.24, 2.45) is 5.92 Å². The van der Waals surface area contributed by atoms with Crippen molar-refractivity contribution >= 4 is 17.3 Å². The summed E-state index contributed by atoms with van der Waals surface area (Å²) in [6.45, 7) is 0.202. The van der Waals surface area contributed by atoms with E-state index in [0.717, 1.165) is 10.7 Å². The quantitative estimate of drug-likeness (QED) is 0.806. The zero-order valence-corrected chi connectivity index (χ0v) is 11.5. The van der Waals surface area contributed by atoms with Crippen molar-refractivity contribution < 1.29 is 5.11 Å². The third-order valence-electron chi connectivity index (χ3n) is 3.86. The number of halogens is 1. The van der Waals surface area contributed by atoms with E-state index in [-0.39, 0.29) is 12.6 Å². The molecule has 1 fully saturated rings. The van der Waals surface area contributed by atoms with Gasteiger partial charge < -0.3 is 10.4 Å². The van der Waals surface area contributed by atoms with E-state index in [0.29, 0.717) is 5.92 Å². The Balaban J connectivity index is 1.97. The number of hydrogen-bond acceptors (Lipinski definition) is 2. The van der Waals surface area contributed by atoms with Gasteiger partial charge in [0.1, 0.15) is 0 Å². The minimum atomic E-state index is 0.171. The van der Waals surface area contributed by atoms with E-state index in [9.17, 15) is 5.11 Å². The van der Waals surface area contributed by atoms with Gasteiger partial charge in [0.15, 0.2) is 0 Å². The highest BCUT2D eigenvalue weighted by Gasteiger charge is 2.21. The van der Waals surface area contributed by atoms with E-state index in [1.165, 1.54) is 38.5 Å². The van der Waals surface area contributed by atoms with Gasteiger partial charge in [0.25, 0.3) is 0 Å². The lowest BCUT2D eigenvalue weighted by Gasteiger charge is -2.26. The maximum atomic E-state index is 9.60. The van der Waals surface area contributed by atoms with Crippen LogP contribution in [0.3, 0.4) is 0 Å². The third-order valence-corrected chi connectivity index (χ3v) is 4.11. The highest BCUT2D eigenvalue weighted by molar-refractivity contribution is 6.30. The third kappa shape index (κ3) is 3.89. The van der Waals surface area contributed by atoms with E-state index in [4.69, 9.17) is 11.6 Å². The van der Waals surface area contributed by atoms with Gasteiger partial charge in [0.05, 0.1) is 12.6 Å². The van der Waals surface area contributed by atoms with Crippen LogP contribution in [0, 0.1) is 5.92 Å². The Hall–Kier alpha value is -0.730. The Morgan fingerprint density at radius 2 is 1.72 bits per heavy atom. The summed E-state index contributed by atoms with van der Waals surface area (Å²) in [4.78, 5) is 0. The van der Waals surface area contributed by atoms with E-state index in [1.54, 1.807) is 0 Å². The van der Waals surface area contributed by atoms with Crippen LogP contribution in [0.15, 0.2) is 24.3 Å². The number of aliphatic hydroxyl groups excluding tert-OH is 1. The topological polar surface area (TPSA) is 32.3 Å². The SMILES string of the molecule is OCC(Nc1ccc(Cl)cc1)C1CCCCCC1. The fourth-order valence-corrected chi connectivity index (χ4v) is 2.91. The summed E-state index contributed by atoms with van der Waals surface area (Å²) in [5.74, 6) is 0.591. The van der Waals surface area contributed by atoms with Gasteiger partial charge in [-0.15, -0.1) is 0 Å². The molecule has 0 saturated heterocycles. The van der Waals surface area contributed by atoms with Gasteiger partial charge in [-0.1, -0.05) is 37.3 Å². The van der Waals surface area contributed by atoms with E-state index in [1.807, 2.05) is 24.3 Å². The maximum absolute atomic E-state index is 9.60. The normalized spacial score (nSPS) is 19.2. The van der Waals surface area contributed by atoms with Gasteiger partial charge in [-0.3, -0.25) is 0 Å². The average Bonchev–Trinajstić information content (AvgIpc) is 2.67. The molecule has 18 heavy (non-hydrogen) atoms. The van der Waals surface area contributed by atoms with Crippen LogP contribution in [0.5, 0.6) is 0 Å². The largest absolute Gasteiger partial charge is 0.394 e. The Kier molecular flexibility index (Phi) is 5.33. The second-order valence-corrected chi connectivity index (χ2v) is 5.63. The Morgan fingerprint density at radius 1 is 1.11 bits per heavy atom. The molecule has 0 aliphatic heterocycles. The molecule has 0 aromatic heterocycles. The van der Waals surface area contributed by atoms with Crippen LogP contribution in [0.1, 0.15) is 38.5 Å². The average molecular weight is 268 g/mol. The van der Waals surface area contributed by atoms with Gasteiger partial charge in [0, 0.05) is 10.7 Å². The zero-order chi connectivity index (χ0) is 12.8. The standard InChI is InChI=1S/C15H22ClNO/c16-13-7-9-14(10-8-13)17-15(11-18)12-5-3-1-2-4-6-12/h7-10,12,15,17-18H,1-6,11H2. The predicted molar refractivity (Wildman–Crippen MR) is 77.1 cm³/mol. The summed E-state index contributed by atoms with van der Waals surface area (Å²) in [6, 6.07) is 7.88. The molecule has 1 aliphatic rings. The number of anilines is 1. The maximum Gasteiger partial charge on any atom is 0.0635 e. The summed E-state index contributed by atoms with van der Waals surface area (Å²) >= 11 is 5.88. The molecule has 1 unspecified atom stereocenters. The van der Waals surface area contributed by atoms with E-state index in [2.05, 4.69) is 5.32 Å². The Morgan fingerprint density at radius 3 is 2.28 bits per heavy atom. The van der Waals surface area contributed by atoms with Gasteiger partial charge >= 0.3 is 0 Å². The summed E-state index contributed by atoms with van der Waals surface area (Å²) in [7, 11) is 0. The molecular weight excluding hydrogens is 246 g/mol. The van der Waals surface area contributed by atoms with Crippen molar-refractivity contribution in [1.29, 1.82) is 0 Å². The number of hydrogen-bond donors (Lipinski definition) is 2. The molecule has 100 valence electrons. The molecule has 0 heterocycles. The van der Waals surface area contributed by atoms with Gasteiger partial charge in [-0.05, 0) is 43.0 Å². The highest BCUT2D eigenvalue weighted by Crippen LogP contribution is 2.27. The lowest BCUT2D eigenvalue weighted by molar-refractivity contribution is 0.227. The number of aliphatic hydroxyl groups is 1. The second-order valence-electron chi connectivity index (χ2n) is 5.19. The molecule has 1 saturated carbocycles. The lowest BCUT2D eigenvalue weighted by atomic mass is 9.92. The minimum Gasteiger partial charge on any atom is -0.394 e. The first-order chi connectivity index (χ1) is 8.79. The molecule has 2 nitrogen and oxygen atoms in total. The summed E-state index contributed by atoms with van der Waals surface area (Å²) < 4.78 is 0. The molecule has 1 aromatic rings. The van der Waals surface area contributed by atoms with Gasteiger partial charge in [0.2, 0.25) is 0 Å². The molecule has 0 spiro atoms. The molecule has 2 rings (SSSR count). The van der Waals surface area contributed by atoms with Crippen molar-refractivity contribution in [2.75, 3.05) is 11.9 Å². The molecule has 0 bridgehead atoms. The van der Waals surface area contributed by atoms with Crippen LogP contribution in [0.4, 0.5) is 5.69 Å². The molecule has 0 radical (unpaired) electrons. The summed E-state index contributed by atoms with van der Waals surface area (Å²) in [5.41, 5.74) is 1.04. The molecular formula is C15H22ClNO. The van der Waals surface area contributed by atoms with Crippen LogP contribution in [0.25, 0.3) is 0 Å². The Labute approximate surface area is 114 Å². The van der Waals surface area contributed by atoms with E-state index < -0.39 is 0 Å². The second kappa shape index (κ2) is 7.01. The molecule has 3 heteroatoms. The number of benzene rings is 1. The molecule has 1 aliphatic carbocycles. The van der Waals surface area contributed by atoms with Crippen molar-refractivity contribution in [3.05, 3.63) is 29.3 Å². The molecule has 0 amide bonds. The first-order valence-corrected chi connectivity index (χ1v) is 7.30. The first-order valence-electron chi connectivity index (χ1n) is 6.92. The van der Waals surface area contributed by atoms with Crippen molar-refractivity contribution in [3.63, 3.8) is 0 Å². The molecule has 2 N–H and O–H groups in total. The first kappa shape index (κ1) is 13.7. The van der Waals surface area contributed by atoms with Gasteiger partial charge in [-0.25, -0.2) is 0 Å². The van der Waals surface area contributed by atoms with Crippen LogP contribution in [0.2, 0.25) is 5.02 Å². The number of nitrogens with one attached hydrogen (secondary N) is 1. The predicted octanol–water partition coefficient (Wildman–Crippen LogP) is 4.08. The smallest absolute Gasteiger partial charge is 0.0635 e. The van der Waals surface area contributed by atoms with Crippen LogP contribution >= 0.6 is 11.6 Å². The number of rotatable bonds is 4. The lowest BCUT2D eigenvalue weighted by Crippen LogP contribution is -2.32. The van der Waals surface area contributed by atoms with Crippen molar-refractivity contribution in [1.82, 2.24) is 0 Å². The summed E-state index contributed by atoms with van der Waals surface area (Å²) in [6.07, 6.45) is 7.73. The van der Waals surface area contributed by atoms with Gasteiger partial charge in [-0.2, -0.15) is 0 Å². The molecule has 1 aromatic carbocycles. The summed E-state index contributed by atoms with van der Waals surface area (Å²) in [5, 5.41) is 13.8. The van der Waals surface area contributed by atoms with Crippen LogP contribution in [-0.4, -0.2) is 17.8 Å². The molecule has 1 atom stereocenters. The minimum absolute atomic E-state index is 0.171. The van der Waals surface area contributed by atoms with Crippen molar-refractivity contribution in [2.45, 2.75) is 44.6 Å². The highest BCUT2D eigenvalue weighted by atomic mass is 35.5. The zero-order valence-electron chi connectivity index (χ0n) is 10.7. The fraction of sp³-hybridized carbons (Fsp3) is 0.600. The van der Waals surface area contributed by atoms with Crippen LogP contribution < -0.4 is 5.32 Å². The monoisotopic (exact) mass is 267 g/mol. The van der Waals surface area contributed by atoms with Crippen LogP contribution in [-0.2, 0) is 0 Å².